The molecule has 0 aliphatic heterocycles. The molecule has 5 unspecified atom stereocenters. The number of azo groups is 5. The summed E-state index contributed by atoms with van der Waals surface area (Å²) >= 11 is 6.02. The van der Waals surface area contributed by atoms with Gasteiger partial charge in [-0.05, 0) is 132 Å². The molecule has 0 saturated heterocycles. The summed E-state index contributed by atoms with van der Waals surface area (Å²) in [7, 11) is 1.21. The van der Waals surface area contributed by atoms with Crippen LogP contribution in [0.1, 0.15) is 88.7 Å². The molecule has 0 aliphatic rings. The van der Waals surface area contributed by atoms with Crippen molar-refractivity contribution in [3.05, 3.63) is 300 Å². The summed E-state index contributed by atoms with van der Waals surface area (Å²) in [5, 5.41) is 118. The number of para-hydroxylation sites is 5. The van der Waals surface area contributed by atoms with E-state index in [1.807, 2.05) is 49.4 Å². The van der Waals surface area contributed by atoms with E-state index in [1.54, 1.807) is 121 Å². The number of rotatable bonds is 32. The van der Waals surface area contributed by atoms with Crippen molar-refractivity contribution in [2.45, 2.75) is 71.8 Å². The third-order valence-electron chi connectivity index (χ3n) is 19.2. The molecule has 55 heteroatoms. The van der Waals surface area contributed by atoms with Gasteiger partial charge in [0.25, 0.3) is 65.2 Å². The third-order valence-corrected chi connectivity index (χ3v) is 19.5. The SMILES string of the molecule is CC(=O)C(N=Nc1c(C#N)cnn1-c1ncccn1)C(=O)Nc1ccccc1.CC(=O)C(N=Nc1c(C#N)cnn1-c1ncccn1)C(=O)Nc1ccccc1C.CC(=O)C(N=Nc1c(C#N)cnn1-c1ncccn1)C(=O)Nc1ccccc1C(N)=O.CC(=O)C(N=Nc1c(C#N)cnn1-c1ncccn1)C(=O)Nc1ccccc1Cl.COC(=O)c1ccccc1NC(=O)C(N=Nc1c(C#N)cnn1-c1ncccn1)C(C)=O. The van der Waals surface area contributed by atoms with Gasteiger partial charge >= 0.3 is 5.97 Å². The molecular formula is C94H74ClN41O13. The Balaban J connectivity index is 0.000000177. The van der Waals surface area contributed by atoms with Crippen molar-refractivity contribution >= 4 is 139 Å². The summed E-state index contributed by atoms with van der Waals surface area (Å²) in [4.78, 5) is 187. The molecule has 15 aromatic rings. The van der Waals surface area contributed by atoms with E-state index >= 15 is 0 Å². The lowest BCUT2D eigenvalue weighted by Gasteiger charge is -2.12. The number of halogens is 1. The number of Topliss-reactive ketones (excluding diaryl/α,β-unsaturated/α-hetero) is 5. The summed E-state index contributed by atoms with van der Waals surface area (Å²) in [5.41, 5.74) is 8.37. The number of esters is 1. The largest absolute Gasteiger partial charge is 0.465 e. The fourth-order valence-electron chi connectivity index (χ4n) is 12.0. The number of carbonyl (C=O) groups excluding carboxylic acids is 12. The zero-order valence-corrected chi connectivity index (χ0v) is 79.2. The van der Waals surface area contributed by atoms with Crippen molar-refractivity contribution in [1.29, 1.82) is 26.3 Å². The van der Waals surface area contributed by atoms with Crippen molar-refractivity contribution in [2.75, 3.05) is 33.7 Å². The minimum atomic E-state index is -1.55. The third kappa shape index (κ3) is 28.6. The number of methoxy groups -OCH3 is 1. The molecule has 0 radical (unpaired) electrons. The Morgan fingerprint density at radius 3 is 0.819 bits per heavy atom. The highest BCUT2D eigenvalue weighted by molar-refractivity contribution is 6.34. The summed E-state index contributed by atoms with van der Waals surface area (Å²) in [6, 6.07) is 44.9. The van der Waals surface area contributed by atoms with Crippen LogP contribution in [0.15, 0.2) is 302 Å². The lowest BCUT2D eigenvalue weighted by molar-refractivity contribution is -0.127. The summed E-state index contributed by atoms with van der Waals surface area (Å²) < 4.78 is 10.6. The smallest absolute Gasteiger partial charge is 0.339 e. The van der Waals surface area contributed by atoms with E-state index in [-0.39, 0.29) is 109 Å². The van der Waals surface area contributed by atoms with Gasteiger partial charge in [0.2, 0.25) is 30.2 Å². The summed E-state index contributed by atoms with van der Waals surface area (Å²) in [6.07, 6.45) is 21.2. The molecule has 6 amide bonds. The Labute approximate surface area is 845 Å². The first-order valence-electron chi connectivity index (χ1n) is 42.8. The van der Waals surface area contributed by atoms with Crippen LogP contribution in [0.25, 0.3) is 29.7 Å². The van der Waals surface area contributed by atoms with Crippen LogP contribution in [0.5, 0.6) is 0 Å². The van der Waals surface area contributed by atoms with Gasteiger partial charge in [-0.3, -0.25) is 52.7 Å². The molecule has 5 atom stereocenters. The topological polar surface area (TPSA) is 761 Å². The van der Waals surface area contributed by atoms with Crippen molar-refractivity contribution in [3.63, 3.8) is 0 Å². The number of hydrogen-bond donors (Lipinski definition) is 6. The predicted octanol–water partition coefficient (Wildman–Crippen LogP) is 10.9. The van der Waals surface area contributed by atoms with Crippen molar-refractivity contribution in [3.8, 4) is 60.1 Å². The first-order valence-corrected chi connectivity index (χ1v) is 43.2. The van der Waals surface area contributed by atoms with Gasteiger partial charge in [-0.15, -0.1) is 25.6 Å². The lowest BCUT2D eigenvalue weighted by atomic mass is 10.1. The molecule has 5 aromatic carbocycles. The minimum Gasteiger partial charge on any atom is -0.465 e. The van der Waals surface area contributed by atoms with Gasteiger partial charge in [0.1, 0.15) is 58.2 Å². The highest BCUT2D eigenvalue weighted by Gasteiger charge is 2.32. The average molecular weight is 2020 g/mol. The number of ketones is 5. The number of anilines is 5. The van der Waals surface area contributed by atoms with Gasteiger partial charge in [0, 0.05) is 73.3 Å². The van der Waals surface area contributed by atoms with E-state index in [1.165, 1.54) is 159 Å². The monoisotopic (exact) mass is 2020 g/mol. The average Bonchev–Trinajstić information content (AvgIpc) is 1.70. The number of ether oxygens (including phenoxy) is 1. The van der Waals surface area contributed by atoms with Gasteiger partial charge in [-0.1, -0.05) is 84.4 Å². The number of carbonyl (C=O) groups is 12. The van der Waals surface area contributed by atoms with Gasteiger partial charge in [0.15, 0.2) is 58.0 Å². The molecule has 0 bridgehead atoms. The van der Waals surface area contributed by atoms with E-state index in [2.05, 4.69) is 153 Å². The number of aryl methyl sites for hydroxylation is 1. The van der Waals surface area contributed by atoms with Crippen LogP contribution in [0, 0.1) is 63.6 Å². The standard InChI is InChI=1S/C20H16N8O4.C19H15N9O3.C19H16N8O2.C18H13ClN8O2.C18H14N8O2/c1-12(29)16(18(30)25-15-7-4-3-6-14(15)19(31)32-2)26-27-17-13(10-21)11-24-28(17)20-22-8-5-9-23-20;1-11(29)15(18(31)25-14-6-3-2-5-13(14)16(21)30)26-27-17-12(9-20)10-24-28(17)19-22-7-4-8-23-19;1-12-6-3-4-7-15(12)24-18(29)16(13(2)28)25-26-17-14(10-20)11-23-27(17)19-21-8-5-9-22-19;1-11(28)15(17(29)24-14-6-3-2-5-13(14)19)25-26-16-12(9-20)10-23-27(16)18-21-7-4-8-22-18;1-12(27)15(17(28)23-14-6-3-2-4-7-14)24-25-16-13(10-19)11-22-26(16)18-20-8-5-9-21-18/h3-9,11,16H,1-2H3,(H,25,30);2-8,10,15H,1H3,(H2,21,30)(H,25,31);3-9,11,16H,1-2H3,(H,24,29);2-8,10,15H,1H3,(H,24,29);2-9,11,15H,1H3,(H,23,28). The normalized spacial score (nSPS) is 11.7. The van der Waals surface area contributed by atoms with E-state index in [4.69, 9.17) is 22.1 Å². The number of nitrogens with one attached hydrogen (secondary N) is 5. The van der Waals surface area contributed by atoms with Crippen LogP contribution in [-0.4, -0.2) is 206 Å². The van der Waals surface area contributed by atoms with E-state index in [9.17, 15) is 83.8 Å². The Morgan fingerprint density at radius 2 is 0.550 bits per heavy atom. The maximum Gasteiger partial charge on any atom is 0.339 e. The van der Waals surface area contributed by atoms with E-state index in [0.29, 0.717) is 22.1 Å². The molecule has 0 fully saturated rings. The molecule has 0 spiro atoms. The van der Waals surface area contributed by atoms with Crippen LogP contribution in [0.4, 0.5) is 57.5 Å². The van der Waals surface area contributed by atoms with Crippen LogP contribution < -0.4 is 32.3 Å². The maximum absolute atomic E-state index is 12.7. The van der Waals surface area contributed by atoms with Crippen molar-refractivity contribution in [2.24, 2.45) is 56.9 Å². The second kappa shape index (κ2) is 52.8. The Hall–Kier alpha value is -22.1. The second-order valence-electron chi connectivity index (χ2n) is 29.5. The zero-order valence-electron chi connectivity index (χ0n) is 78.5. The zero-order chi connectivity index (χ0) is 107. The van der Waals surface area contributed by atoms with Crippen LogP contribution in [0.3, 0.4) is 0 Å². The quantitative estimate of drug-likeness (QED) is 0.0130. The molecule has 740 valence electrons. The molecular weight excluding hydrogens is 1950 g/mol. The number of nitrogens with two attached hydrogens (primary N) is 1. The van der Waals surface area contributed by atoms with Crippen LogP contribution in [-0.2, 0) is 52.7 Å². The molecule has 7 N–H and O–H groups in total. The Morgan fingerprint density at radius 1 is 0.315 bits per heavy atom. The summed E-state index contributed by atoms with van der Waals surface area (Å²) in [5.74, 6) is -7.11. The first-order chi connectivity index (χ1) is 72.0. The summed E-state index contributed by atoms with van der Waals surface area (Å²) in [6.45, 7) is 7.83. The molecule has 54 nitrogen and oxygen atoms in total. The highest BCUT2D eigenvalue weighted by Crippen LogP contribution is 2.30. The lowest BCUT2D eigenvalue weighted by Crippen LogP contribution is -2.32. The van der Waals surface area contributed by atoms with Gasteiger partial charge in [0.05, 0.1) is 71.3 Å². The predicted molar refractivity (Wildman–Crippen MR) is 519 cm³/mol. The second-order valence-corrected chi connectivity index (χ2v) is 29.9. The maximum atomic E-state index is 12.7. The number of benzene rings is 5. The molecule has 10 aromatic heterocycles. The van der Waals surface area contributed by atoms with Crippen LogP contribution >= 0.6 is 11.6 Å². The van der Waals surface area contributed by atoms with Crippen LogP contribution in [0.2, 0.25) is 5.02 Å². The number of aromatic nitrogens is 20. The van der Waals surface area contributed by atoms with E-state index < -0.39 is 101 Å². The Kier molecular flexibility index (Phi) is 38.0. The molecule has 0 saturated carbocycles. The number of amides is 6. The van der Waals surface area contributed by atoms with Crippen molar-refractivity contribution in [1.82, 2.24) is 98.7 Å². The van der Waals surface area contributed by atoms with Gasteiger partial charge < -0.3 is 37.1 Å². The van der Waals surface area contributed by atoms with Gasteiger partial charge in [-0.25, -0.2) is 54.6 Å². The number of hydrogen-bond acceptors (Lipinski definition) is 43. The molecule has 149 heavy (non-hydrogen) atoms. The van der Waals surface area contributed by atoms with Gasteiger partial charge in [-0.2, -0.15) is 101 Å². The minimum absolute atomic E-state index is 0.00417. The van der Waals surface area contributed by atoms with Crippen molar-refractivity contribution < 1.29 is 62.3 Å². The fourth-order valence-corrected chi connectivity index (χ4v) is 12.2. The Bertz CT molecular complexity index is 7680. The molecule has 10 heterocycles. The molecule has 0 aliphatic carbocycles. The molecule has 15 rings (SSSR count). The first kappa shape index (κ1) is 107. The van der Waals surface area contributed by atoms with E-state index in [0.717, 1.165) is 28.8 Å². The number of primary amides is 1. The fraction of sp³-hybridized carbons (Fsp3) is 0.128. The number of nitrogens with zero attached hydrogens (tertiary/aromatic N) is 35. The number of nitriles is 5. The highest BCUT2D eigenvalue weighted by atomic mass is 35.5.